The fourth-order valence-corrected chi connectivity index (χ4v) is 2.91. The Morgan fingerprint density at radius 1 is 1.12 bits per heavy atom. The standard InChI is InChI=1S/C17H20ClN5O2/c1-21-7-9-23(10-8-21)17(25)14-11-15(22(2)20-14)19-16(24)12-5-3-4-6-13(12)18/h3-6,11H,7-10H2,1-2H3,(H,19,24). The van der Waals surface area contributed by atoms with E-state index in [0.29, 0.717) is 35.2 Å². The van der Waals surface area contributed by atoms with Gasteiger partial charge in [-0.25, -0.2) is 0 Å². The second-order valence-corrected chi connectivity index (χ2v) is 6.48. The highest BCUT2D eigenvalue weighted by atomic mass is 35.5. The summed E-state index contributed by atoms with van der Waals surface area (Å²) in [4.78, 5) is 28.9. The summed E-state index contributed by atoms with van der Waals surface area (Å²) in [6.07, 6.45) is 0. The van der Waals surface area contributed by atoms with E-state index < -0.39 is 0 Å². The van der Waals surface area contributed by atoms with E-state index in [2.05, 4.69) is 15.3 Å². The van der Waals surface area contributed by atoms with Crippen molar-refractivity contribution in [2.24, 2.45) is 7.05 Å². The highest BCUT2D eigenvalue weighted by molar-refractivity contribution is 6.34. The van der Waals surface area contributed by atoms with Crippen LogP contribution >= 0.6 is 11.6 Å². The van der Waals surface area contributed by atoms with Gasteiger partial charge in [-0.1, -0.05) is 23.7 Å². The van der Waals surface area contributed by atoms with Crippen molar-refractivity contribution in [3.63, 3.8) is 0 Å². The maximum atomic E-state index is 12.6. The van der Waals surface area contributed by atoms with Crippen molar-refractivity contribution < 1.29 is 9.59 Å². The molecule has 1 aliphatic rings. The Morgan fingerprint density at radius 2 is 1.80 bits per heavy atom. The van der Waals surface area contributed by atoms with Gasteiger partial charge >= 0.3 is 0 Å². The zero-order valence-electron chi connectivity index (χ0n) is 14.2. The van der Waals surface area contributed by atoms with E-state index in [-0.39, 0.29) is 11.8 Å². The monoisotopic (exact) mass is 361 g/mol. The van der Waals surface area contributed by atoms with Crippen LogP contribution in [0.25, 0.3) is 0 Å². The number of halogens is 1. The maximum Gasteiger partial charge on any atom is 0.274 e. The minimum Gasteiger partial charge on any atom is -0.335 e. The van der Waals surface area contributed by atoms with Crippen molar-refractivity contribution in [2.45, 2.75) is 0 Å². The van der Waals surface area contributed by atoms with Crippen LogP contribution < -0.4 is 5.32 Å². The Kier molecular flexibility index (Phi) is 5.06. The minimum atomic E-state index is -0.341. The molecule has 0 unspecified atom stereocenters. The number of amides is 2. The van der Waals surface area contributed by atoms with Crippen LogP contribution in [-0.4, -0.2) is 64.6 Å². The van der Waals surface area contributed by atoms with Crippen LogP contribution in [0.15, 0.2) is 30.3 Å². The SMILES string of the molecule is CN1CCN(C(=O)c2cc(NC(=O)c3ccccc3Cl)n(C)n2)CC1. The number of aryl methyl sites for hydroxylation is 1. The molecule has 0 saturated carbocycles. The summed E-state index contributed by atoms with van der Waals surface area (Å²) in [5.41, 5.74) is 0.693. The lowest BCUT2D eigenvalue weighted by molar-refractivity contribution is 0.0657. The number of anilines is 1. The lowest BCUT2D eigenvalue weighted by Crippen LogP contribution is -2.47. The molecule has 1 aromatic heterocycles. The summed E-state index contributed by atoms with van der Waals surface area (Å²) in [5, 5.41) is 7.36. The molecule has 1 fully saturated rings. The lowest BCUT2D eigenvalue weighted by Gasteiger charge is -2.31. The first-order valence-electron chi connectivity index (χ1n) is 8.03. The van der Waals surface area contributed by atoms with Crippen LogP contribution in [0.5, 0.6) is 0 Å². The van der Waals surface area contributed by atoms with Gasteiger partial charge in [0, 0.05) is 39.3 Å². The van der Waals surface area contributed by atoms with Gasteiger partial charge in [0.2, 0.25) is 0 Å². The number of likely N-dealkylation sites (N-methyl/N-ethyl adjacent to an activating group) is 1. The molecule has 3 rings (SSSR count). The average molecular weight is 362 g/mol. The van der Waals surface area contributed by atoms with Gasteiger partial charge < -0.3 is 15.1 Å². The van der Waals surface area contributed by atoms with Crippen molar-refractivity contribution in [2.75, 3.05) is 38.5 Å². The third-order valence-corrected chi connectivity index (χ3v) is 4.58. The summed E-state index contributed by atoms with van der Waals surface area (Å²) in [6.45, 7) is 3.03. The third-order valence-electron chi connectivity index (χ3n) is 4.25. The molecule has 0 aliphatic carbocycles. The predicted octanol–water partition coefficient (Wildman–Crippen LogP) is 1.71. The van der Waals surface area contributed by atoms with Crippen LogP contribution in [0.1, 0.15) is 20.8 Å². The van der Waals surface area contributed by atoms with E-state index in [1.54, 1.807) is 42.3 Å². The maximum absolute atomic E-state index is 12.6. The number of nitrogens with zero attached hydrogens (tertiary/aromatic N) is 4. The second kappa shape index (κ2) is 7.25. The molecular formula is C17H20ClN5O2. The molecule has 8 heteroatoms. The smallest absolute Gasteiger partial charge is 0.274 e. The Balaban J connectivity index is 1.73. The van der Waals surface area contributed by atoms with E-state index in [4.69, 9.17) is 11.6 Å². The molecule has 2 aromatic rings. The molecule has 0 atom stereocenters. The molecule has 132 valence electrons. The normalized spacial score (nSPS) is 15.2. The number of benzene rings is 1. The number of hydrogen-bond acceptors (Lipinski definition) is 4. The lowest BCUT2D eigenvalue weighted by atomic mass is 10.2. The van der Waals surface area contributed by atoms with Gasteiger partial charge in [0.05, 0.1) is 10.6 Å². The number of carbonyl (C=O) groups excluding carboxylic acids is 2. The van der Waals surface area contributed by atoms with Gasteiger partial charge in [0.1, 0.15) is 5.82 Å². The van der Waals surface area contributed by atoms with Crippen LogP contribution in [0.2, 0.25) is 5.02 Å². The summed E-state index contributed by atoms with van der Waals surface area (Å²) in [5.74, 6) is -0.0171. The first-order valence-corrected chi connectivity index (χ1v) is 8.41. The number of nitrogens with one attached hydrogen (secondary N) is 1. The summed E-state index contributed by atoms with van der Waals surface area (Å²) in [7, 11) is 3.72. The topological polar surface area (TPSA) is 70.5 Å². The van der Waals surface area contributed by atoms with Gasteiger partial charge in [0.25, 0.3) is 11.8 Å². The number of carbonyl (C=O) groups is 2. The minimum absolute atomic E-state index is 0.123. The van der Waals surface area contributed by atoms with E-state index >= 15 is 0 Å². The molecule has 0 radical (unpaired) electrons. The van der Waals surface area contributed by atoms with Gasteiger partial charge in [-0.3, -0.25) is 14.3 Å². The molecule has 0 bridgehead atoms. The molecule has 0 spiro atoms. The van der Waals surface area contributed by atoms with Crippen molar-refractivity contribution in [3.05, 3.63) is 46.6 Å². The highest BCUT2D eigenvalue weighted by Crippen LogP contribution is 2.18. The predicted molar refractivity (Wildman–Crippen MR) is 96.0 cm³/mol. The summed E-state index contributed by atoms with van der Waals surface area (Å²) in [6, 6.07) is 8.39. The highest BCUT2D eigenvalue weighted by Gasteiger charge is 2.23. The van der Waals surface area contributed by atoms with E-state index in [1.165, 1.54) is 4.68 Å². The Hall–Kier alpha value is -2.38. The first kappa shape index (κ1) is 17.4. The summed E-state index contributed by atoms with van der Waals surface area (Å²) >= 11 is 6.05. The largest absolute Gasteiger partial charge is 0.335 e. The number of aromatic nitrogens is 2. The van der Waals surface area contributed by atoms with Crippen molar-refractivity contribution >= 4 is 29.2 Å². The third kappa shape index (κ3) is 3.83. The van der Waals surface area contributed by atoms with Crippen LogP contribution in [0.4, 0.5) is 5.82 Å². The molecule has 1 aromatic carbocycles. The molecule has 2 amide bonds. The van der Waals surface area contributed by atoms with Gasteiger partial charge in [-0.2, -0.15) is 5.10 Å². The Labute approximate surface area is 151 Å². The first-order chi connectivity index (χ1) is 12.0. The number of hydrogen-bond donors (Lipinski definition) is 1. The zero-order valence-corrected chi connectivity index (χ0v) is 15.0. The van der Waals surface area contributed by atoms with Gasteiger partial charge in [-0.15, -0.1) is 0 Å². The van der Waals surface area contributed by atoms with Crippen LogP contribution in [0, 0.1) is 0 Å². The molecule has 1 N–H and O–H groups in total. The molecule has 7 nitrogen and oxygen atoms in total. The van der Waals surface area contributed by atoms with Crippen molar-refractivity contribution in [1.82, 2.24) is 19.6 Å². The van der Waals surface area contributed by atoms with E-state index in [1.807, 2.05) is 7.05 Å². The number of piperazine rings is 1. The van der Waals surface area contributed by atoms with E-state index in [0.717, 1.165) is 13.1 Å². The Bertz CT molecular complexity index is 796. The van der Waals surface area contributed by atoms with Gasteiger partial charge in [0.15, 0.2) is 5.69 Å². The second-order valence-electron chi connectivity index (χ2n) is 6.07. The van der Waals surface area contributed by atoms with Crippen molar-refractivity contribution in [1.29, 1.82) is 0 Å². The molecule has 1 aliphatic heterocycles. The fraction of sp³-hybridized carbons (Fsp3) is 0.353. The van der Waals surface area contributed by atoms with Crippen LogP contribution in [-0.2, 0) is 7.05 Å². The average Bonchev–Trinajstić information content (AvgIpc) is 2.96. The number of rotatable bonds is 3. The summed E-state index contributed by atoms with van der Waals surface area (Å²) < 4.78 is 1.48. The molecule has 1 saturated heterocycles. The van der Waals surface area contributed by atoms with E-state index in [9.17, 15) is 9.59 Å². The van der Waals surface area contributed by atoms with Crippen molar-refractivity contribution in [3.8, 4) is 0 Å². The quantitative estimate of drug-likeness (QED) is 0.903. The molecule has 25 heavy (non-hydrogen) atoms. The molecule has 2 heterocycles. The van der Waals surface area contributed by atoms with Gasteiger partial charge in [-0.05, 0) is 19.2 Å². The van der Waals surface area contributed by atoms with Crippen LogP contribution in [0.3, 0.4) is 0 Å². The fourth-order valence-electron chi connectivity index (χ4n) is 2.69. The molecular weight excluding hydrogens is 342 g/mol. The Morgan fingerprint density at radius 3 is 2.48 bits per heavy atom. The zero-order chi connectivity index (χ0) is 18.0.